The van der Waals surface area contributed by atoms with Crippen LogP contribution in [0.2, 0.25) is 0 Å². The van der Waals surface area contributed by atoms with Crippen molar-refractivity contribution in [3.63, 3.8) is 0 Å². The van der Waals surface area contributed by atoms with Gasteiger partial charge in [-0.2, -0.15) is 9.50 Å². The van der Waals surface area contributed by atoms with Gasteiger partial charge in [0, 0.05) is 0 Å². The topological polar surface area (TPSA) is 115 Å². The summed E-state index contributed by atoms with van der Waals surface area (Å²) in [5.41, 5.74) is 5.73. The molecule has 0 saturated carbocycles. The molecule has 0 atom stereocenters. The maximum atomic E-state index is 12.0. The Morgan fingerprint density at radius 2 is 2.24 bits per heavy atom. The van der Waals surface area contributed by atoms with Crippen LogP contribution in [0.1, 0.15) is 11.3 Å². The van der Waals surface area contributed by atoms with Crippen LogP contribution in [0.4, 0.5) is 5.95 Å². The minimum absolute atomic E-state index is 0.0872. The fraction of sp³-hybridized carbons (Fsp3) is 0.333. The Balaban J connectivity index is 2.63. The summed E-state index contributed by atoms with van der Waals surface area (Å²) in [6.07, 6.45) is -0.129. The average Bonchev–Trinajstić information content (AvgIpc) is 2.64. The molecule has 2 rings (SSSR count). The summed E-state index contributed by atoms with van der Waals surface area (Å²) in [6, 6.07) is 0. The molecular formula is C9H11N5O3. The smallest absolute Gasteiger partial charge is 0.310 e. The largest absolute Gasteiger partial charge is 0.469 e. The lowest BCUT2D eigenvalue weighted by atomic mass is 10.2. The summed E-state index contributed by atoms with van der Waals surface area (Å²) >= 11 is 0. The van der Waals surface area contributed by atoms with E-state index in [1.54, 1.807) is 6.92 Å². The highest BCUT2D eigenvalue weighted by molar-refractivity contribution is 5.72. The molecule has 0 aromatic carbocycles. The van der Waals surface area contributed by atoms with Gasteiger partial charge in [0.1, 0.15) is 0 Å². The number of carbonyl (C=O) groups excluding carboxylic acids is 1. The SMILES string of the molecule is COC(=O)Cc1c(C)nc2nc(N)[nH]n2c1=O. The van der Waals surface area contributed by atoms with Crippen LogP contribution in [0.5, 0.6) is 0 Å². The normalized spacial score (nSPS) is 10.7. The first-order valence-electron chi connectivity index (χ1n) is 4.83. The first kappa shape index (κ1) is 11.1. The number of nitrogen functional groups attached to an aromatic ring is 1. The van der Waals surface area contributed by atoms with Crippen molar-refractivity contribution in [2.75, 3.05) is 12.8 Å². The average molecular weight is 237 g/mol. The highest BCUT2D eigenvalue weighted by Crippen LogP contribution is 2.04. The van der Waals surface area contributed by atoms with Gasteiger partial charge in [-0.1, -0.05) is 0 Å². The van der Waals surface area contributed by atoms with E-state index in [-0.39, 0.29) is 23.7 Å². The van der Waals surface area contributed by atoms with Gasteiger partial charge in [0.05, 0.1) is 24.8 Å². The van der Waals surface area contributed by atoms with Crippen LogP contribution in [-0.2, 0) is 16.0 Å². The zero-order valence-electron chi connectivity index (χ0n) is 9.35. The van der Waals surface area contributed by atoms with Gasteiger partial charge in [-0.05, 0) is 6.92 Å². The fourth-order valence-electron chi connectivity index (χ4n) is 1.49. The Morgan fingerprint density at radius 3 is 2.88 bits per heavy atom. The van der Waals surface area contributed by atoms with Gasteiger partial charge < -0.3 is 10.5 Å². The van der Waals surface area contributed by atoms with E-state index in [0.717, 1.165) is 4.52 Å². The minimum Gasteiger partial charge on any atom is -0.469 e. The molecule has 8 heteroatoms. The molecule has 0 unspecified atom stereocenters. The molecule has 0 aliphatic rings. The molecule has 0 amide bonds. The molecular weight excluding hydrogens is 226 g/mol. The number of rotatable bonds is 2. The molecule has 0 radical (unpaired) electrons. The molecule has 17 heavy (non-hydrogen) atoms. The maximum Gasteiger partial charge on any atom is 0.310 e. The Kier molecular flexibility index (Phi) is 2.54. The molecule has 0 bridgehead atoms. The summed E-state index contributed by atoms with van der Waals surface area (Å²) < 4.78 is 5.61. The zero-order chi connectivity index (χ0) is 12.6. The standard InChI is InChI=1S/C9H11N5O3/c1-4-5(3-6(15)17-2)7(16)14-9(11-4)12-8(10)13-14/h3H2,1-2H3,(H3,10,11,12,13). The number of fused-ring (bicyclic) bond motifs is 1. The summed E-state index contributed by atoms with van der Waals surface area (Å²) in [5.74, 6) is -0.234. The lowest BCUT2D eigenvalue weighted by molar-refractivity contribution is -0.139. The third-order valence-corrected chi connectivity index (χ3v) is 2.36. The van der Waals surface area contributed by atoms with Gasteiger partial charge in [0.15, 0.2) is 0 Å². The van der Waals surface area contributed by atoms with Gasteiger partial charge in [-0.25, -0.2) is 4.98 Å². The van der Waals surface area contributed by atoms with E-state index in [0.29, 0.717) is 5.69 Å². The summed E-state index contributed by atoms with van der Waals surface area (Å²) in [6.45, 7) is 1.63. The summed E-state index contributed by atoms with van der Waals surface area (Å²) in [7, 11) is 1.26. The van der Waals surface area contributed by atoms with Crippen LogP contribution in [0.15, 0.2) is 4.79 Å². The quantitative estimate of drug-likeness (QED) is 0.649. The van der Waals surface area contributed by atoms with Gasteiger partial charge in [0.2, 0.25) is 5.95 Å². The van der Waals surface area contributed by atoms with Crippen molar-refractivity contribution in [1.29, 1.82) is 0 Å². The highest BCUT2D eigenvalue weighted by atomic mass is 16.5. The molecule has 8 nitrogen and oxygen atoms in total. The van der Waals surface area contributed by atoms with E-state index in [1.807, 2.05) is 0 Å². The van der Waals surface area contributed by atoms with Crippen LogP contribution >= 0.6 is 0 Å². The third-order valence-electron chi connectivity index (χ3n) is 2.36. The first-order valence-corrected chi connectivity index (χ1v) is 4.83. The van der Waals surface area contributed by atoms with Crippen molar-refractivity contribution in [2.24, 2.45) is 0 Å². The number of esters is 1. The molecule has 3 N–H and O–H groups in total. The molecule has 90 valence electrons. The van der Waals surface area contributed by atoms with Crippen molar-refractivity contribution >= 4 is 17.7 Å². The van der Waals surface area contributed by atoms with Gasteiger partial charge >= 0.3 is 5.97 Å². The number of nitrogens with two attached hydrogens (primary N) is 1. The predicted octanol–water partition coefficient (Wildman–Crippen LogP) is -0.976. The Morgan fingerprint density at radius 1 is 1.53 bits per heavy atom. The maximum absolute atomic E-state index is 12.0. The monoisotopic (exact) mass is 237 g/mol. The van der Waals surface area contributed by atoms with Gasteiger partial charge in [-0.3, -0.25) is 14.7 Å². The molecule has 0 saturated heterocycles. The van der Waals surface area contributed by atoms with E-state index in [9.17, 15) is 9.59 Å². The Hall–Kier alpha value is -2.38. The van der Waals surface area contributed by atoms with Crippen LogP contribution in [0, 0.1) is 6.92 Å². The second kappa shape index (κ2) is 3.89. The molecule has 0 fully saturated rings. The van der Waals surface area contributed by atoms with E-state index in [4.69, 9.17) is 5.73 Å². The van der Waals surface area contributed by atoms with E-state index in [1.165, 1.54) is 7.11 Å². The highest BCUT2D eigenvalue weighted by Gasteiger charge is 2.15. The molecule has 0 spiro atoms. The van der Waals surface area contributed by atoms with E-state index in [2.05, 4.69) is 19.8 Å². The number of anilines is 1. The first-order chi connectivity index (χ1) is 8.02. The number of nitrogens with one attached hydrogen (secondary N) is 1. The van der Waals surface area contributed by atoms with Crippen LogP contribution in [0.25, 0.3) is 5.78 Å². The molecule has 0 aliphatic heterocycles. The van der Waals surface area contributed by atoms with Crippen molar-refractivity contribution in [1.82, 2.24) is 19.6 Å². The predicted molar refractivity (Wildman–Crippen MR) is 58.5 cm³/mol. The van der Waals surface area contributed by atoms with Gasteiger partial charge in [0.25, 0.3) is 11.3 Å². The van der Waals surface area contributed by atoms with Crippen LogP contribution < -0.4 is 11.3 Å². The fourth-order valence-corrected chi connectivity index (χ4v) is 1.49. The number of nitrogens with zero attached hydrogens (tertiary/aromatic N) is 3. The van der Waals surface area contributed by atoms with E-state index >= 15 is 0 Å². The van der Waals surface area contributed by atoms with Crippen LogP contribution in [0.3, 0.4) is 0 Å². The van der Waals surface area contributed by atoms with Crippen molar-refractivity contribution in [3.8, 4) is 0 Å². The number of ether oxygens (including phenoxy) is 1. The molecule has 2 aromatic heterocycles. The number of hydrogen-bond acceptors (Lipinski definition) is 6. The van der Waals surface area contributed by atoms with Gasteiger partial charge in [-0.15, -0.1) is 0 Å². The number of methoxy groups -OCH3 is 1. The number of aryl methyl sites for hydroxylation is 1. The number of H-pyrrole nitrogens is 1. The van der Waals surface area contributed by atoms with Crippen molar-refractivity contribution < 1.29 is 9.53 Å². The second-order valence-electron chi connectivity index (χ2n) is 3.48. The zero-order valence-corrected chi connectivity index (χ0v) is 9.35. The molecule has 2 aromatic rings. The Labute approximate surface area is 95.4 Å². The van der Waals surface area contributed by atoms with E-state index < -0.39 is 11.5 Å². The number of aromatic amines is 1. The van der Waals surface area contributed by atoms with Crippen molar-refractivity contribution in [2.45, 2.75) is 13.3 Å². The minimum atomic E-state index is -0.501. The third kappa shape index (κ3) is 1.84. The molecule has 2 heterocycles. The number of hydrogen-bond donors (Lipinski definition) is 2. The second-order valence-corrected chi connectivity index (χ2v) is 3.48. The van der Waals surface area contributed by atoms with Crippen molar-refractivity contribution in [3.05, 3.63) is 21.6 Å². The molecule has 0 aliphatic carbocycles. The number of carbonyl (C=O) groups is 1. The summed E-state index contributed by atoms with van der Waals surface area (Å²) in [4.78, 5) is 31.1. The summed E-state index contributed by atoms with van der Waals surface area (Å²) in [5, 5.41) is 2.54. The van der Waals surface area contributed by atoms with Crippen LogP contribution in [-0.4, -0.2) is 32.7 Å². The lowest BCUT2D eigenvalue weighted by Crippen LogP contribution is -2.24. The lowest BCUT2D eigenvalue weighted by Gasteiger charge is -2.02. The Bertz CT molecular complexity index is 642. The number of aromatic nitrogens is 4.